The molecule has 1 heterocycles. The Balaban J connectivity index is 1.74. The summed E-state index contributed by atoms with van der Waals surface area (Å²) >= 11 is 0. The molecule has 0 radical (unpaired) electrons. The smallest absolute Gasteiger partial charge is 0.417 e. The van der Waals surface area contributed by atoms with Crippen LogP contribution in [-0.2, 0) is 19.0 Å². The van der Waals surface area contributed by atoms with Crippen LogP contribution >= 0.6 is 0 Å². The van der Waals surface area contributed by atoms with Gasteiger partial charge in [-0.1, -0.05) is 18.2 Å². The molecule has 0 aliphatic heterocycles. The third-order valence-corrected chi connectivity index (χ3v) is 5.91. The van der Waals surface area contributed by atoms with E-state index in [2.05, 4.69) is 4.98 Å². The predicted octanol–water partition coefficient (Wildman–Crippen LogP) is 6.30. The number of rotatable bonds is 6. The van der Waals surface area contributed by atoms with Gasteiger partial charge in [0, 0.05) is 17.3 Å². The second-order valence-electron chi connectivity index (χ2n) is 8.35. The standard InChI is InChI=1S/C26H18F7NO3/c27-22-9-6-15(10-21(22)24(35)36)18-2-1-3-19(18)20-11-17(26(31,32)33)12-34-23(20)37-13-14-4-7-16(8-5-14)25(28,29)30/h4-12H,1-3,13H2,(H,35,36)/p-1. The van der Waals surface area contributed by atoms with E-state index in [1.807, 2.05) is 0 Å². The Morgan fingerprint density at radius 1 is 0.892 bits per heavy atom. The molecular formula is C26H17F7NO3-. The fourth-order valence-corrected chi connectivity index (χ4v) is 4.11. The molecule has 0 bridgehead atoms. The minimum absolute atomic E-state index is 0.00793. The highest BCUT2D eigenvalue weighted by Gasteiger charge is 2.33. The van der Waals surface area contributed by atoms with E-state index in [1.54, 1.807) is 0 Å². The second-order valence-corrected chi connectivity index (χ2v) is 8.35. The van der Waals surface area contributed by atoms with E-state index in [0.717, 1.165) is 30.3 Å². The van der Waals surface area contributed by atoms with Gasteiger partial charge in [-0.2, -0.15) is 26.3 Å². The van der Waals surface area contributed by atoms with E-state index in [-0.39, 0.29) is 18.1 Å². The molecule has 1 aliphatic carbocycles. The van der Waals surface area contributed by atoms with Gasteiger partial charge in [-0.15, -0.1) is 0 Å². The molecule has 1 aromatic heterocycles. The highest BCUT2D eigenvalue weighted by Crippen LogP contribution is 2.44. The summed E-state index contributed by atoms with van der Waals surface area (Å²) in [7, 11) is 0. The lowest BCUT2D eigenvalue weighted by Gasteiger charge is -2.17. The number of halogens is 7. The Kier molecular flexibility index (Phi) is 6.98. The van der Waals surface area contributed by atoms with Crippen LogP contribution < -0.4 is 9.84 Å². The third-order valence-electron chi connectivity index (χ3n) is 5.91. The predicted molar refractivity (Wildman–Crippen MR) is 116 cm³/mol. The van der Waals surface area contributed by atoms with Crippen LogP contribution in [0, 0.1) is 5.82 Å². The molecule has 0 saturated heterocycles. The molecule has 3 aromatic rings. The zero-order chi connectivity index (χ0) is 27.0. The average molecular weight is 524 g/mol. The van der Waals surface area contributed by atoms with E-state index >= 15 is 0 Å². The van der Waals surface area contributed by atoms with Crippen LogP contribution in [0.2, 0.25) is 0 Å². The van der Waals surface area contributed by atoms with Gasteiger partial charge in [-0.05, 0) is 71.9 Å². The summed E-state index contributed by atoms with van der Waals surface area (Å²) in [6, 6.07) is 8.29. The van der Waals surface area contributed by atoms with Gasteiger partial charge in [0.05, 0.1) is 17.1 Å². The van der Waals surface area contributed by atoms with Crippen molar-refractivity contribution in [2.45, 2.75) is 38.2 Å². The molecule has 1 aliphatic rings. The lowest BCUT2D eigenvalue weighted by Crippen LogP contribution is -2.23. The van der Waals surface area contributed by atoms with Crippen LogP contribution in [-0.4, -0.2) is 11.0 Å². The number of carbonyl (C=O) groups excluding carboxylic acids is 1. The molecule has 4 rings (SSSR count). The van der Waals surface area contributed by atoms with Gasteiger partial charge in [0.2, 0.25) is 5.88 Å². The summed E-state index contributed by atoms with van der Waals surface area (Å²) in [5, 5.41) is 11.3. The van der Waals surface area contributed by atoms with E-state index in [0.29, 0.717) is 47.7 Å². The van der Waals surface area contributed by atoms with Gasteiger partial charge in [0.25, 0.3) is 0 Å². The quantitative estimate of drug-likeness (QED) is 0.356. The molecule has 0 spiro atoms. The van der Waals surface area contributed by atoms with Gasteiger partial charge in [-0.3, -0.25) is 0 Å². The summed E-state index contributed by atoms with van der Waals surface area (Å²) in [5.74, 6) is -2.92. The van der Waals surface area contributed by atoms with Gasteiger partial charge < -0.3 is 14.6 Å². The number of benzene rings is 2. The number of allylic oxidation sites excluding steroid dienone is 2. The van der Waals surface area contributed by atoms with Crippen molar-refractivity contribution in [3.63, 3.8) is 0 Å². The molecule has 0 N–H and O–H groups in total. The highest BCUT2D eigenvalue weighted by atomic mass is 19.4. The number of hydrogen-bond donors (Lipinski definition) is 0. The van der Waals surface area contributed by atoms with Crippen molar-refractivity contribution in [1.29, 1.82) is 0 Å². The Bertz CT molecular complexity index is 1360. The highest BCUT2D eigenvalue weighted by molar-refractivity contribution is 5.96. The largest absolute Gasteiger partial charge is 0.545 e. The zero-order valence-corrected chi connectivity index (χ0v) is 18.8. The fraction of sp³-hybridized carbons (Fsp3) is 0.231. The fourth-order valence-electron chi connectivity index (χ4n) is 4.11. The van der Waals surface area contributed by atoms with Crippen LogP contribution in [0.3, 0.4) is 0 Å². The number of hydrogen-bond acceptors (Lipinski definition) is 4. The molecule has 37 heavy (non-hydrogen) atoms. The Labute approximate surface area is 206 Å². The van der Waals surface area contributed by atoms with Crippen molar-refractivity contribution in [2.75, 3.05) is 0 Å². The maximum atomic E-state index is 13.9. The molecule has 0 unspecified atom stereocenters. The van der Waals surface area contributed by atoms with Crippen LogP contribution in [0.5, 0.6) is 5.88 Å². The molecule has 0 saturated carbocycles. The summed E-state index contributed by atoms with van der Waals surface area (Å²) in [5.41, 5.74) is -1.03. The monoisotopic (exact) mass is 524 g/mol. The number of carboxylic acids is 1. The zero-order valence-electron chi connectivity index (χ0n) is 18.8. The average Bonchev–Trinajstić information content (AvgIpc) is 3.31. The van der Waals surface area contributed by atoms with E-state index < -0.39 is 40.8 Å². The van der Waals surface area contributed by atoms with Crippen LogP contribution in [0.4, 0.5) is 30.7 Å². The molecule has 2 aromatic carbocycles. The number of aromatic nitrogens is 1. The first kappa shape index (κ1) is 26.2. The number of carboxylic acid groups (broad SMARTS) is 1. The molecule has 4 nitrogen and oxygen atoms in total. The Hall–Kier alpha value is -3.89. The number of alkyl halides is 6. The molecule has 0 atom stereocenters. The van der Waals surface area contributed by atoms with Gasteiger partial charge >= 0.3 is 12.4 Å². The van der Waals surface area contributed by atoms with Crippen molar-refractivity contribution in [3.8, 4) is 5.88 Å². The Morgan fingerprint density at radius 2 is 1.54 bits per heavy atom. The first-order chi connectivity index (χ1) is 17.3. The minimum Gasteiger partial charge on any atom is -0.545 e. The number of pyridine rings is 1. The van der Waals surface area contributed by atoms with Crippen molar-refractivity contribution >= 4 is 17.1 Å². The Morgan fingerprint density at radius 3 is 2.16 bits per heavy atom. The van der Waals surface area contributed by atoms with Gasteiger partial charge in [0.1, 0.15) is 12.4 Å². The molecule has 0 fully saturated rings. The normalized spacial score (nSPS) is 14.2. The van der Waals surface area contributed by atoms with Gasteiger partial charge in [0.15, 0.2) is 0 Å². The summed E-state index contributed by atoms with van der Waals surface area (Å²) < 4.78 is 98.3. The number of aromatic carboxylic acids is 1. The van der Waals surface area contributed by atoms with Crippen molar-refractivity contribution < 1.29 is 45.4 Å². The molecule has 0 amide bonds. The van der Waals surface area contributed by atoms with Gasteiger partial charge in [-0.25, -0.2) is 9.37 Å². The van der Waals surface area contributed by atoms with Crippen molar-refractivity contribution in [3.05, 3.63) is 93.9 Å². The molecular weight excluding hydrogens is 507 g/mol. The summed E-state index contributed by atoms with van der Waals surface area (Å²) in [6.07, 6.45) is -7.44. The molecule has 11 heteroatoms. The van der Waals surface area contributed by atoms with Crippen molar-refractivity contribution in [2.24, 2.45) is 0 Å². The number of carbonyl (C=O) groups is 1. The van der Waals surface area contributed by atoms with E-state index in [9.17, 15) is 40.6 Å². The first-order valence-corrected chi connectivity index (χ1v) is 10.9. The van der Waals surface area contributed by atoms with Crippen LogP contribution in [0.25, 0.3) is 11.1 Å². The van der Waals surface area contributed by atoms with Crippen LogP contribution in [0.1, 0.15) is 57.4 Å². The summed E-state index contributed by atoms with van der Waals surface area (Å²) in [6.45, 7) is -0.266. The maximum absolute atomic E-state index is 13.9. The van der Waals surface area contributed by atoms with Crippen molar-refractivity contribution in [1.82, 2.24) is 4.98 Å². The number of ether oxygens (including phenoxy) is 1. The minimum atomic E-state index is -4.72. The maximum Gasteiger partial charge on any atom is 0.417 e. The third kappa shape index (κ3) is 5.76. The molecule has 194 valence electrons. The topological polar surface area (TPSA) is 62.2 Å². The first-order valence-electron chi connectivity index (χ1n) is 10.9. The second kappa shape index (κ2) is 9.87. The number of nitrogens with zero attached hydrogens (tertiary/aromatic N) is 1. The van der Waals surface area contributed by atoms with E-state index in [4.69, 9.17) is 4.74 Å². The SMILES string of the molecule is O=C([O-])c1cc(C2=C(c3cc(C(F)(F)F)cnc3OCc3ccc(C(F)(F)F)cc3)CCC2)ccc1F. The summed E-state index contributed by atoms with van der Waals surface area (Å²) in [4.78, 5) is 15.1. The van der Waals surface area contributed by atoms with Crippen LogP contribution in [0.15, 0.2) is 54.7 Å². The lowest BCUT2D eigenvalue weighted by molar-refractivity contribution is -0.255. The lowest BCUT2D eigenvalue weighted by atomic mass is 9.95. The van der Waals surface area contributed by atoms with E-state index in [1.165, 1.54) is 18.2 Å².